The highest BCUT2D eigenvalue weighted by Gasteiger charge is 2.15. The number of sulfone groups is 1. The van der Waals surface area contributed by atoms with Gasteiger partial charge in [0.15, 0.2) is 9.84 Å². The maximum absolute atomic E-state index is 12.1. The predicted molar refractivity (Wildman–Crippen MR) is 78.6 cm³/mol. The minimum atomic E-state index is -3.21. The van der Waals surface area contributed by atoms with Crippen molar-refractivity contribution in [3.8, 4) is 0 Å². The van der Waals surface area contributed by atoms with Gasteiger partial charge in [0.2, 0.25) is 0 Å². The SMILES string of the molecule is CC(NC(=O)c1cncn1C)c1ccc(S(C)(=O)=O)cc1. The van der Waals surface area contributed by atoms with Crippen LogP contribution in [0.3, 0.4) is 0 Å². The second-order valence-corrected chi connectivity index (χ2v) is 6.94. The number of benzene rings is 1. The van der Waals surface area contributed by atoms with Crippen molar-refractivity contribution in [3.63, 3.8) is 0 Å². The highest BCUT2D eigenvalue weighted by molar-refractivity contribution is 7.90. The summed E-state index contributed by atoms with van der Waals surface area (Å²) in [6.45, 7) is 1.84. The summed E-state index contributed by atoms with van der Waals surface area (Å²) in [6, 6.07) is 6.24. The zero-order valence-corrected chi connectivity index (χ0v) is 12.9. The van der Waals surface area contributed by atoms with Crippen molar-refractivity contribution in [1.82, 2.24) is 14.9 Å². The van der Waals surface area contributed by atoms with E-state index in [9.17, 15) is 13.2 Å². The number of carbonyl (C=O) groups excluding carboxylic acids is 1. The molecular formula is C14H17N3O3S. The highest BCUT2D eigenvalue weighted by Crippen LogP contribution is 2.16. The number of carbonyl (C=O) groups is 1. The lowest BCUT2D eigenvalue weighted by Crippen LogP contribution is -2.28. The van der Waals surface area contributed by atoms with Crippen molar-refractivity contribution < 1.29 is 13.2 Å². The first-order valence-corrected chi connectivity index (χ1v) is 8.25. The van der Waals surface area contributed by atoms with Gasteiger partial charge in [0, 0.05) is 13.3 Å². The molecule has 0 bridgehead atoms. The van der Waals surface area contributed by atoms with E-state index in [-0.39, 0.29) is 16.8 Å². The number of rotatable bonds is 4. The molecule has 1 amide bonds. The quantitative estimate of drug-likeness (QED) is 0.923. The Hall–Kier alpha value is -2.15. The van der Waals surface area contributed by atoms with Crippen LogP contribution >= 0.6 is 0 Å². The molecule has 1 aromatic heterocycles. The van der Waals surface area contributed by atoms with Gasteiger partial charge in [0.25, 0.3) is 5.91 Å². The van der Waals surface area contributed by atoms with E-state index in [4.69, 9.17) is 0 Å². The van der Waals surface area contributed by atoms with Crippen molar-refractivity contribution in [1.29, 1.82) is 0 Å². The molecule has 7 heteroatoms. The molecule has 0 aliphatic heterocycles. The van der Waals surface area contributed by atoms with E-state index in [2.05, 4.69) is 10.3 Å². The first-order chi connectivity index (χ1) is 9.79. The van der Waals surface area contributed by atoms with E-state index in [1.165, 1.54) is 18.3 Å². The molecule has 0 spiro atoms. The van der Waals surface area contributed by atoms with Crippen LogP contribution in [-0.4, -0.2) is 30.1 Å². The molecule has 112 valence electrons. The molecule has 6 nitrogen and oxygen atoms in total. The van der Waals surface area contributed by atoms with Crippen molar-refractivity contribution in [2.75, 3.05) is 6.26 Å². The van der Waals surface area contributed by atoms with Crippen LogP contribution in [0, 0.1) is 0 Å². The molecule has 1 unspecified atom stereocenters. The third-order valence-corrected chi connectivity index (χ3v) is 4.33. The molecule has 0 radical (unpaired) electrons. The van der Waals surface area contributed by atoms with E-state index >= 15 is 0 Å². The standard InChI is InChI=1S/C14H17N3O3S/c1-10(16-14(18)13-8-15-9-17(13)2)11-4-6-12(7-5-11)21(3,19)20/h4-10H,1-3H3,(H,16,18). The summed E-state index contributed by atoms with van der Waals surface area (Å²) in [5, 5.41) is 2.85. The van der Waals surface area contributed by atoms with E-state index in [0.29, 0.717) is 5.69 Å². The summed E-state index contributed by atoms with van der Waals surface area (Å²) < 4.78 is 24.4. The number of nitrogens with one attached hydrogen (secondary N) is 1. The molecule has 1 N–H and O–H groups in total. The van der Waals surface area contributed by atoms with Crippen molar-refractivity contribution in [2.45, 2.75) is 17.9 Å². The van der Waals surface area contributed by atoms with E-state index in [1.807, 2.05) is 6.92 Å². The molecule has 0 saturated heterocycles. The Morgan fingerprint density at radius 2 is 1.90 bits per heavy atom. The van der Waals surface area contributed by atoms with E-state index in [0.717, 1.165) is 11.8 Å². The molecule has 2 aromatic rings. The van der Waals surface area contributed by atoms with Crippen LogP contribution in [-0.2, 0) is 16.9 Å². The molecule has 0 saturated carbocycles. The average molecular weight is 307 g/mol. The first-order valence-electron chi connectivity index (χ1n) is 6.36. The van der Waals surface area contributed by atoms with Gasteiger partial charge in [-0.2, -0.15) is 0 Å². The van der Waals surface area contributed by atoms with Gasteiger partial charge in [0.05, 0.1) is 23.5 Å². The second kappa shape index (κ2) is 5.69. The lowest BCUT2D eigenvalue weighted by Gasteiger charge is -2.14. The summed E-state index contributed by atoms with van der Waals surface area (Å²) in [5.41, 5.74) is 1.30. The number of hydrogen-bond donors (Lipinski definition) is 1. The summed E-state index contributed by atoms with van der Waals surface area (Å²) >= 11 is 0. The molecule has 1 atom stereocenters. The summed E-state index contributed by atoms with van der Waals surface area (Å²) in [5.74, 6) is -0.227. The Bertz CT molecular complexity index is 748. The molecule has 0 fully saturated rings. The van der Waals surface area contributed by atoms with Gasteiger partial charge in [-0.3, -0.25) is 4.79 Å². The third kappa shape index (κ3) is 3.49. The normalized spacial score (nSPS) is 12.9. The van der Waals surface area contributed by atoms with Crippen LogP contribution in [0.2, 0.25) is 0 Å². The smallest absolute Gasteiger partial charge is 0.270 e. The Morgan fingerprint density at radius 3 is 2.38 bits per heavy atom. The summed E-state index contributed by atoms with van der Waals surface area (Å²) in [4.78, 5) is 16.2. The number of aromatic nitrogens is 2. The number of aryl methyl sites for hydroxylation is 1. The predicted octanol–water partition coefficient (Wildman–Crippen LogP) is 1.31. The lowest BCUT2D eigenvalue weighted by atomic mass is 10.1. The molecule has 0 aliphatic rings. The van der Waals surface area contributed by atoms with Crippen molar-refractivity contribution in [3.05, 3.63) is 48.0 Å². The molecule has 2 rings (SSSR count). The van der Waals surface area contributed by atoms with Gasteiger partial charge in [-0.1, -0.05) is 12.1 Å². The van der Waals surface area contributed by atoms with Crippen LogP contribution in [0.5, 0.6) is 0 Å². The lowest BCUT2D eigenvalue weighted by molar-refractivity contribution is 0.0931. The summed E-state index contributed by atoms with van der Waals surface area (Å²) in [7, 11) is -1.46. The Kier molecular flexibility index (Phi) is 4.13. The number of nitrogens with zero attached hydrogens (tertiary/aromatic N) is 2. The van der Waals surface area contributed by atoms with Crippen molar-refractivity contribution in [2.24, 2.45) is 7.05 Å². The van der Waals surface area contributed by atoms with Crippen LogP contribution < -0.4 is 5.32 Å². The molecule has 21 heavy (non-hydrogen) atoms. The second-order valence-electron chi connectivity index (χ2n) is 4.93. The zero-order chi connectivity index (χ0) is 15.6. The highest BCUT2D eigenvalue weighted by atomic mass is 32.2. The minimum absolute atomic E-state index is 0.227. The van der Waals surface area contributed by atoms with E-state index < -0.39 is 9.84 Å². The first kappa shape index (κ1) is 15.2. The molecule has 1 aromatic carbocycles. The van der Waals surface area contributed by atoms with Crippen LogP contribution in [0.1, 0.15) is 29.0 Å². The van der Waals surface area contributed by atoms with Gasteiger partial charge in [-0.05, 0) is 24.6 Å². The third-order valence-electron chi connectivity index (χ3n) is 3.21. The number of amides is 1. The Morgan fingerprint density at radius 1 is 1.29 bits per heavy atom. The van der Waals surface area contributed by atoms with Gasteiger partial charge >= 0.3 is 0 Å². The maximum atomic E-state index is 12.1. The molecule has 1 heterocycles. The van der Waals surface area contributed by atoms with Crippen molar-refractivity contribution >= 4 is 15.7 Å². The van der Waals surface area contributed by atoms with E-state index in [1.54, 1.807) is 30.1 Å². The fourth-order valence-corrected chi connectivity index (χ4v) is 2.56. The molecular weight excluding hydrogens is 290 g/mol. The maximum Gasteiger partial charge on any atom is 0.270 e. The monoisotopic (exact) mass is 307 g/mol. The van der Waals surface area contributed by atoms with Gasteiger partial charge in [0.1, 0.15) is 5.69 Å². The minimum Gasteiger partial charge on any atom is -0.344 e. The Balaban J connectivity index is 2.12. The van der Waals surface area contributed by atoms with Gasteiger partial charge < -0.3 is 9.88 Å². The number of imidazole rings is 1. The number of hydrogen-bond acceptors (Lipinski definition) is 4. The van der Waals surface area contributed by atoms with Gasteiger partial charge in [-0.25, -0.2) is 13.4 Å². The zero-order valence-electron chi connectivity index (χ0n) is 12.1. The van der Waals surface area contributed by atoms with Gasteiger partial charge in [-0.15, -0.1) is 0 Å². The fourth-order valence-electron chi connectivity index (χ4n) is 1.93. The Labute approximate surface area is 123 Å². The van der Waals surface area contributed by atoms with Crippen LogP contribution in [0.25, 0.3) is 0 Å². The van der Waals surface area contributed by atoms with Crippen LogP contribution in [0.4, 0.5) is 0 Å². The molecule has 0 aliphatic carbocycles. The topological polar surface area (TPSA) is 81.1 Å². The summed E-state index contributed by atoms with van der Waals surface area (Å²) in [6.07, 6.45) is 4.21. The largest absolute Gasteiger partial charge is 0.344 e. The van der Waals surface area contributed by atoms with Crippen LogP contribution in [0.15, 0.2) is 41.7 Å². The fraction of sp³-hybridized carbons (Fsp3) is 0.286. The average Bonchev–Trinajstić information content (AvgIpc) is 2.84.